The molecule has 56 valence electrons. The zero-order valence-corrected chi connectivity index (χ0v) is 6.31. The molecule has 1 atom stereocenters. The number of β-lactam (4-membered cyclic amide) rings is 1. The molecule has 0 aromatic rings. The van der Waals surface area contributed by atoms with E-state index in [2.05, 4.69) is 12.2 Å². The van der Waals surface area contributed by atoms with Crippen LogP contribution < -0.4 is 5.32 Å². The van der Waals surface area contributed by atoms with Crippen molar-refractivity contribution < 1.29 is 4.79 Å². The molecule has 0 spiro atoms. The van der Waals surface area contributed by atoms with E-state index in [0.29, 0.717) is 0 Å². The van der Waals surface area contributed by atoms with Gasteiger partial charge in [-0.15, -0.1) is 0 Å². The summed E-state index contributed by atoms with van der Waals surface area (Å²) in [7, 11) is 0. The minimum atomic E-state index is 0.244. The number of hydrogen-bond acceptors (Lipinski definition) is 1. The highest BCUT2D eigenvalue weighted by atomic mass is 16.2. The summed E-state index contributed by atoms with van der Waals surface area (Å²) in [5.41, 5.74) is 0.247. The first kappa shape index (κ1) is 6.20. The van der Waals surface area contributed by atoms with Crippen molar-refractivity contribution in [1.29, 1.82) is 0 Å². The lowest BCUT2D eigenvalue weighted by atomic mass is 9.80. The van der Waals surface area contributed by atoms with E-state index in [9.17, 15) is 4.79 Å². The molecule has 0 aromatic heterocycles. The number of carbonyl (C=O) groups excluding carboxylic acids is 1. The van der Waals surface area contributed by atoms with Gasteiger partial charge in [-0.1, -0.05) is 6.92 Å². The molecule has 1 heterocycles. The van der Waals surface area contributed by atoms with Crippen LogP contribution >= 0.6 is 0 Å². The van der Waals surface area contributed by atoms with Gasteiger partial charge in [0.1, 0.15) is 0 Å². The van der Waals surface area contributed by atoms with Gasteiger partial charge in [-0.3, -0.25) is 4.79 Å². The zero-order valence-electron chi connectivity index (χ0n) is 6.31. The maximum atomic E-state index is 10.7. The molecule has 1 amide bonds. The van der Waals surface area contributed by atoms with Crippen molar-refractivity contribution in [3.8, 4) is 0 Å². The average Bonchev–Trinajstić information content (AvgIpc) is 2.61. The number of rotatable bonds is 2. The summed E-state index contributed by atoms with van der Waals surface area (Å²) < 4.78 is 0. The lowest BCUT2D eigenvalue weighted by molar-refractivity contribution is -0.133. The van der Waals surface area contributed by atoms with E-state index < -0.39 is 0 Å². The molecule has 1 saturated heterocycles. The molecule has 2 heteroatoms. The molecule has 2 aliphatic rings. The largest absolute Gasteiger partial charge is 0.350 e. The first-order valence-electron chi connectivity index (χ1n) is 4.08. The number of hydrogen-bond donors (Lipinski definition) is 1. The normalized spacial score (nSPS) is 38.7. The second-order valence-corrected chi connectivity index (χ2v) is 3.51. The number of nitrogens with one attached hydrogen (secondary N) is 1. The van der Waals surface area contributed by atoms with Crippen molar-refractivity contribution in [3.63, 3.8) is 0 Å². The molecule has 0 bridgehead atoms. The van der Waals surface area contributed by atoms with Crippen LogP contribution in [0.1, 0.15) is 32.6 Å². The van der Waals surface area contributed by atoms with E-state index in [0.717, 1.165) is 18.8 Å². The Morgan fingerprint density at radius 2 is 2.30 bits per heavy atom. The zero-order chi connectivity index (χ0) is 7.19. The standard InChI is InChI=1S/C8H13NO/c1-2-8(6-3-4-6)5-7(10)9-8/h6H,2-5H2,1H3,(H,9,10). The highest BCUT2D eigenvalue weighted by Crippen LogP contribution is 2.46. The van der Waals surface area contributed by atoms with Crippen LogP contribution in [-0.4, -0.2) is 11.4 Å². The molecule has 2 rings (SSSR count). The molecule has 1 unspecified atom stereocenters. The van der Waals surface area contributed by atoms with Gasteiger partial charge in [0, 0.05) is 6.42 Å². The van der Waals surface area contributed by atoms with Crippen LogP contribution in [-0.2, 0) is 4.79 Å². The molecule has 10 heavy (non-hydrogen) atoms. The summed E-state index contributed by atoms with van der Waals surface area (Å²) in [5.74, 6) is 1.06. The first-order chi connectivity index (χ1) is 4.77. The quantitative estimate of drug-likeness (QED) is 0.569. The van der Waals surface area contributed by atoms with Gasteiger partial charge in [0.15, 0.2) is 0 Å². The first-order valence-corrected chi connectivity index (χ1v) is 4.08. The fourth-order valence-electron chi connectivity index (χ4n) is 1.93. The third-order valence-electron chi connectivity index (χ3n) is 2.85. The highest BCUT2D eigenvalue weighted by Gasteiger charge is 2.51. The van der Waals surface area contributed by atoms with Crippen LogP contribution in [0, 0.1) is 5.92 Å². The van der Waals surface area contributed by atoms with Crippen LogP contribution in [0.5, 0.6) is 0 Å². The Labute approximate surface area is 61.0 Å². The fraction of sp³-hybridized carbons (Fsp3) is 0.875. The van der Waals surface area contributed by atoms with E-state index in [1.807, 2.05) is 0 Å². The molecule has 1 saturated carbocycles. The van der Waals surface area contributed by atoms with Gasteiger partial charge < -0.3 is 5.32 Å². The van der Waals surface area contributed by atoms with Crippen LogP contribution in [0.2, 0.25) is 0 Å². The van der Waals surface area contributed by atoms with Gasteiger partial charge in [0.05, 0.1) is 5.54 Å². The van der Waals surface area contributed by atoms with Crippen LogP contribution in [0.4, 0.5) is 0 Å². The molecule has 0 aromatic carbocycles. The minimum Gasteiger partial charge on any atom is -0.350 e. The van der Waals surface area contributed by atoms with Gasteiger partial charge in [-0.05, 0) is 25.2 Å². The predicted molar refractivity (Wildman–Crippen MR) is 38.5 cm³/mol. The molecule has 1 N–H and O–H groups in total. The van der Waals surface area contributed by atoms with Gasteiger partial charge in [0.25, 0.3) is 0 Å². The second-order valence-electron chi connectivity index (χ2n) is 3.51. The van der Waals surface area contributed by atoms with Gasteiger partial charge >= 0.3 is 0 Å². The van der Waals surface area contributed by atoms with E-state index >= 15 is 0 Å². The lowest BCUT2D eigenvalue weighted by Gasteiger charge is -2.42. The van der Waals surface area contributed by atoms with Crippen LogP contribution in [0.3, 0.4) is 0 Å². The maximum Gasteiger partial charge on any atom is 0.222 e. The molecule has 1 aliphatic carbocycles. The van der Waals surface area contributed by atoms with Crippen molar-refractivity contribution in [2.24, 2.45) is 5.92 Å². The number of carbonyl (C=O) groups is 1. The number of amides is 1. The Balaban J connectivity index is 2.03. The minimum absolute atomic E-state index is 0.244. The Hall–Kier alpha value is -0.530. The average molecular weight is 139 g/mol. The van der Waals surface area contributed by atoms with Gasteiger partial charge in [-0.2, -0.15) is 0 Å². The Kier molecular flexibility index (Phi) is 1.08. The summed E-state index contributed by atoms with van der Waals surface area (Å²) in [6, 6.07) is 0. The van der Waals surface area contributed by atoms with E-state index in [1.54, 1.807) is 0 Å². The van der Waals surface area contributed by atoms with Crippen molar-refractivity contribution >= 4 is 5.91 Å². The molecule has 0 radical (unpaired) electrons. The molecular weight excluding hydrogens is 126 g/mol. The van der Waals surface area contributed by atoms with E-state index in [4.69, 9.17) is 0 Å². The lowest BCUT2D eigenvalue weighted by Crippen LogP contribution is -2.62. The van der Waals surface area contributed by atoms with E-state index in [-0.39, 0.29) is 11.4 Å². The monoisotopic (exact) mass is 139 g/mol. The van der Waals surface area contributed by atoms with Crippen LogP contribution in [0.15, 0.2) is 0 Å². The van der Waals surface area contributed by atoms with E-state index in [1.165, 1.54) is 12.8 Å². The topological polar surface area (TPSA) is 29.1 Å². The van der Waals surface area contributed by atoms with Crippen molar-refractivity contribution in [2.75, 3.05) is 0 Å². The Bertz CT molecular complexity index is 164. The van der Waals surface area contributed by atoms with Gasteiger partial charge in [-0.25, -0.2) is 0 Å². The molecular formula is C8H13NO. The Morgan fingerprint density at radius 3 is 2.60 bits per heavy atom. The molecule has 2 fully saturated rings. The summed E-state index contributed by atoms with van der Waals surface area (Å²) >= 11 is 0. The predicted octanol–water partition coefficient (Wildman–Crippen LogP) is 1.07. The second kappa shape index (κ2) is 1.74. The Morgan fingerprint density at radius 1 is 1.70 bits per heavy atom. The summed E-state index contributed by atoms with van der Waals surface area (Å²) in [6.45, 7) is 2.16. The van der Waals surface area contributed by atoms with Crippen molar-refractivity contribution in [2.45, 2.75) is 38.1 Å². The highest BCUT2D eigenvalue weighted by molar-refractivity contribution is 5.85. The maximum absolute atomic E-state index is 10.7. The smallest absolute Gasteiger partial charge is 0.222 e. The van der Waals surface area contributed by atoms with Gasteiger partial charge in [0.2, 0.25) is 5.91 Å². The SMILES string of the molecule is CCC1(C2CC2)CC(=O)N1. The molecule has 1 aliphatic heterocycles. The fourth-order valence-corrected chi connectivity index (χ4v) is 1.93. The summed E-state index contributed by atoms with van der Waals surface area (Å²) in [5, 5.41) is 3.03. The van der Waals surface area contributed by atoms with Crippen molar-refractivity contribution in [3.05, 3.63) is 0 Å². The third kappa shape index (κ3) is 0.678. The van der Waals surface area contributed by atoms with Crippen LogP contribution in [0.25, 0.3) is 0 Å². The summed E-state index contributed by atoms with van der Waals surface area (Å²) in [4.78, 5) is 10.7. The van der Waals surface area contributed by atoms with Crippen molar-refractivity contribution in [1.82, 2.24) is 5.32 Å². The molecule has 2 nitrogen and oxygen atoms in total. The summed E-state index contributed by atoms with van der Waals surface area (Å²) in [6.07, 6.45) is 4.56. The third-order valence-corrected chi connectivity index (χ3v) is 2.85.